The average molecular weight is 392 g/mol. The van der Waals surface area contributed by atoms with Gasteiger partial charge in [-0.1, -0.05) is 29.8 Å². The molecule has 0 heterocycles. The van der Waals surface area contributed by atoms with Crippen LogP contribution in [0.25, 0.3) is 0 Å². The number of hydrogen-bond donors (Lipinski definition) is 2. The van der Waals surface area contributed by atoms with Crippen LogP contribution in [-0.2, 0) is 10.0 Å². The molecule has 2 aromatic carbocycles. The summed E-state index contributed by atoms with van der Waals surface area (Å²) in [7, 11) is -1.79. The van der Waals surface area contributed by atoms with Gasteiger partial charge in [0.05, 0.1) is 18.0 Å². The lowest BCUT2D eigenvalue weighted by atomic mass is 10.0. The van der Waals surface area contributed by atoms with Crippen LogP contribution in [-0.4, -0.2) is 26.8 Å². The largest absolute Gasteiger partial charge is 0.356 e. The SMILES string of the molecule is Cc1ccc(C(C)NC(=S)Nc2cccc(N(C)S(C)(=O)=O)c2)c(C)c1. The van der Waals surface area contributed by atoms with E-state index < -0.39 is 10.0 Å². The highest BCUT2D eigenvalue weighted by atomic mass is 32.2. The second-order valence-electron chi connectivity index (χ2n) is 6.46. The summed E-state index contributed by atoms with van der Waals surface area (Å²) in [6.07, 6.45) is 1.17. The molecule has 2 rings (SSSR count). The van der Waals surface area contributed by atoms with Gasteiger partial charge >= 0.3 is 0 Å². The zero-order chi connectivity index (χ0) is 19.5. The second kappa shape index (κ2) is 8.05. The summed E-state index contributed by atoms with van der Waals surface area (Å²) in [5.74, 6) is 0. The van der Waals surface area contributed by atoms with Crippen molar-refractivity contribution in [3.8, 4) is 0 Å². The van der Waals surface area contributed by atoms with Gasteiger partial charge in [0.2, 0.25) is 10.0 Å². The molecule has 0 aliphatic heterocycles. The number of nitrogens with one attached hydrogen (secondary N) is 2. The fraction of sp³-hybridized carbons (Fsp3) is 0.316. The van der Waals surface area contributed by atoms with Crippen molar-refractivity contribution in [3.05, 3.63) is 59.2 Å². The molecule has 0 amide bonds. The highest BCUT2D eigenvalue weighted by Crippen LogP contribution is 2.21. The van der Waals surface area contributed by atoms with E-state index in [0.29, 0.717) is 10.8 Å². The molecule has 0 aromatic heterocycles. The quantitative estimate of drug-likeness (QED) is 0.760. The molecule has 1 unspecified atom stereocenters. The monoisotopic (exact) mass is 391 g/mol. The van der Waals surface area contributed by atoms with E-state index in [-0.39, 0.29) is 6.04 Å². The van der Waals surface area contributed by atoms with Crippen LogP contribution in [0.15, 0.2) is 42.5 Å². The molecule has 2 aromatic rings. The third kappa shape index (κ3) is 5.19. The average Bonchev–Trinajstić information content (AvgIpc) is 2.53. The van der Waals surface area contributed by atoms with Gasteiger partial charge in [-0.15, -0.1) is 0 Å². The van der Waals surface area contributed by atoms with Gasteiger partial charge in [0.15, 0.2) is 5.11 Å². The van der Waals surface area contributed by atoms with Crippen molar-refractivity contribution in [2.45, 2.75) is 26.8 Å². The molecule has 0 fully saturated rings. The number of rotatable bonds is 5. The molecule has 0 bridgehead atoms. The van der Waals surface area contributed by atoms with Crippen molar-refractivity contribution in [3.63, 3.8) is 0 Å². The fourth-order valence-electron chi connectivity index (χ4n) is 2.72. The van der Waals surface area contributed by atoms with Crippen molar-refractivity contribution in [2.75, 3.05) is 22.9 Å². The van der Waals surface area contributed by atoms with Crippen LogP contribution < -0.4 is 14.9 Å². The first-order valence-corrected chi connectivity index (χ1v) is 10.5. The van der Waals surface area contributed by atoms with E-state index in [1.54, 1.807) is 18.2 Å². The summed E-state index contributed by atoms with van der Waals surface area (Å²) in [6, 6.07) is 13.5. The van der Waals surface area contributed by atoms with Crippen molar-refractivity contribution >= 4 is 38.7 Å². The maximum atomic E-state index is 11.7. The minimum Gasteiger partial charge on any atom is -0.356 e. The van der Waals surface area contributed by atoms with E-state index in [9.17, 15) is 8.42 Å². The lowest BCUT2D eigenvalue weighted by Gasteiger charge is -2.21. The number of anilines is 2. The van der Waals surface area contributed by atoms with Gasteiger partial charge in [-0.05, 0) is 62.3 Å². The van der Waals surface area contributed by atoms with E-state index >= 15 is 0 Å². The molecule has 0 aliphatic carbocycles. The van der Waals surface area contributed by atoms with E-state index in [1.807, 2.05) is 6.07 Å². The maximum absolute atomic E-state index is 11.7. The highest BCUT2D eigenvalue weighted by molar-refractivity contribution is 7.92. The van der Waals surface area contributed by atoms with Gasteiger partial charge in [0, 0.05) is 12.7 Å². The topological polar surface area (TPSA) is 61.4 Å². The van der Waals surface area contributed by atoms with Crippen LogP contribution in [0.4, 0.5) is 11.4 Å². The molecule has 0 spiro atoms. The number of nitrogens with zero attached hydrogens (tertiary/aromatic N) is 1. The standard InChI is InChI=1S/C19H25N3O2S2/c1-13-9-10-18(14(2)11-13)15(3)20-19(25)21-16-7-6-8-17(12-16)22(4)26(5,23)24/h6-12,15H,1-5H3,(H2,20,21,25). The fourth-order valence-corrected chi connectivity index (χ4v) is 3.52. The Balaban J connectivity index is 2.08. The van der Waals surface area contributed by atoms with Crippen LogP contribution >= 0.6 is 12.2 Å². The summed E-state index contributed by atoms with van der Waals surface area (Å²) in [6.45, 7) is 6.21. The number of sulfonamides is 1. The van der Waals surface area contributed by atoms with Gasteiger partial charge in [0.1, 0.15) is 0 Å². The van der Waals surface area contributed by atoms with Gasteiger partial charge in [-0.2, -0.15) is 0 Å². The molecule has 0 radical (unpaired) electrons. The molecule has 2 N–H and O–H groups in total. The van der Waals surface area contributed by atoms with Gasteiger partial charge in [-0.3, -0.25) is 4.31 Å². The third-order valence-corrected chi connectivity index (χ3v) is 5.63. The van der Waals surface area contributed by atoms with E-state index in [2.05, 4.69) is 49.6 Å². The lowest BCUT2D eigenvalue weighted by molar-refractivity contribution is 0.600. The Morgan fingerprint density at radius 1 is 1.15 bits per heavy atom. The molecule has 26 heavy (non-hydrogen) atoms. The Labute approximate surface area is 161 Å². The molecule has 7 heteroatoms. The minimum atomic E-state index is -3.31. The first-order valence-electron chi connectivity index (χ1n) is 8.26. The molecule has 1 atom stereocenters. The molecule has 140 valence electrons. The van der Waals surface area contributed by atoms with Crippen molar-refractivity contribution in [1.29, 1.82) is 0 Å². The summed E-state index contributed by atoms with van der Waals surface area (Å²) in [4.78, 5) is 0. The van der Waals surface area contributed by atoms with Gasteiger partial charge < -0.3 is 10.6 Å². The zero-order valence-corrected chi connectivity index (χ0v) is 17.3. The summed E-state index contributed by atoms with van der Waals surface area (Å²) in [5, 5.41) is 6.87. The Bertz CT molecular complexity index is 911. The predicted molar refractivity (Wildman–Crippen MR) is 113 cm³/mol. The first-order chi connectivity index (χ1) is 12.1. The molecule has 5 nitrogen and oxygen atoms in total. The van der Waals surface area contributed by atoms with Crippen molar-refractivity contribution in [1.82, 2.24) is 5.32 Å². The van der Waals surface area contributed by atoms with Crippen LogP contribution in [0.1, 0.15) is 29.7 Å². The van der Waals surface area contributed by atoms with Crippen molar-refractivity contribution < 1.29 is 8.42 Å². The Kier molecular flexibility index (Phi) is 6.26. The normalized spacial score (nSPS) is 12.3. The van der Waals surface area contributed by atoms with Crippen LogP contribution in [0.2, 0.25) is 0 Å². The second-order valence-corrected chi connectivity index (χ2v) is 8.88. The molecule has 0 saturated heterocycles. The van der Waals surface area contributed by atoms with Crippen LogP contribution in [0.3, 0.4) is 0 Å². The first kappa shape index (κ1) is 20.2. The third-order valence-electron chi connectivity index (χ3n) is 4.20. The lowest BCUT2D eigenvalue weighted by Crippen LogP contribution is -2.31. The molecular weight excluding hydrogens is 366 g/mol. The summed E-state index contributed by atoms with van der Waals surface area (Å²) in [5.41, 5.74) is 4.92. The summed E-state index contributed by atoms with van der Waals surface area (Å²) >= 11 is 5.41. The molecular formula is C19H25N3O2S2. The van der Waals surface area contributed by atoms with Crippen LogP contribution in [0, 0.1) is 13.8 Å². The number of hydrogen-bond acceptors (Lipinski definition) is 3. The molecule has 0 saturated carbocycles. The minimum absolute atomic E-state index is 0.0532. The number of thiocarbonyl (C=S) groups is 1. The van der Waals surface area contributed by atoms with Crippen LogP contribution in [0.5, 0.6) is 0 Å². The maximum Gasteiger partial charge on any atom is 0.231 e. The smallest absolute Gasteiger partial charge is 0.231 e. The van der Waals surface area contributed by atoms with Crippen molar-refractivity contribution in [2.24, 2.45) is 0 Å². The Morgan fingerprint density at radius 2 is 1.85 bits per heavy atom. The highest BCUT2D eigenvalue weighted by Gasteiger charge is 2.13. The number of aryl methyl sites for hydroxylation is 2. The summed E-state index contributed by atoms with van der Waals surface area (Å²) < 4.78 is 24.6. The van der Waals surface area contributed by atoms with Gasteiger partial charge in [0.25, 0.3) is 0 Å². The Hall–Kier alpha value is -2.12. The zero-order valence-electron chi connectivity index (χ0n) is 15.7. The van der Waals surface area contributed by atoms with Gasteiger partial charge in [-0.25, -0.2) is 8.42 Å². The van der Waals surface area contributed by atoms with E-state index in [1.165, 1.54) is 34.3 Å². The Morgan fingerprint density at radius 3 is 2.46 bits per heavy atom. The molecule has 0 aliphatic rings. The number of benzene rings is 2. The van der Waals surface area contributed by atoms with E-state index in [0.717, 1.165) is 5.69 Å². The van der Waals surface area contributed by atoms with E-state index in [4.69, 9.17) is 12.2 Å². The predicted octanol–water partition coefficient (Wildman–Crippen LogP) is 3.75.